The second-order valence-electron chi connectivity index (χ2n) is 10.3. The molecule has 7 heteroatoms. The first-order valence-corrected chi connectivity index (χ1v) is 13.7. The van der Waals surface area contributed by atoms with Crippen molar-refractivity contribution in [2.75, 3.05) is 29.9 Å². The molecule has 0 saturated heterocycles. The molecule has 0 fully saturated rings. The highest BCUT2D eigenvalue weighted by atomic mass is 19.1. The highest BCUT2D eigenvalue weighted by Gasteiger charge is 2.21. The third-order valence-corrected chi connectivity index (χ3v) is 6.59. The Bertz CT molecular complexity index is 1440. The van der Waals surface area contributed by atoms with Gasteiger partial charge in [-0.2, -0.15) is 0 Å². The Balaban J connectivity index is 1.38. The number of carbonyl (C=O) groups is 2. The zero-order valence-electron chi connectivity index (χ0n) is 23.3. The summed E-state index contributed by atoms with van der Waals surface area (Å²) in [6, 6.07) is 28.8. The summed E-state index contributed by atoms with van der Waals surface area (Å²) in [5.41, 5.74) is 3.05. The second kappa shape index (κ2) is 14.1. The average Bonchev–Trinajstić information content (AvgIpc) is 2.97. The number of ketones is 1. The van der Waals surface area contributed by atoms with Gasteiger partial charge in [0.1, 0.15) is 24.2 Å². The van der Waals surface area contributed by atoms with Crippen LogP contribution in [0.1, 0.15) is 35.3 Å². The van der Waals surface area contributed by atoms with Gasteiger partial charge in [0.2, 0.25) is 0 Å². The molecule has 0 aliphatic rings. The first-order chi connectivity index (χ1) is 19.8. The highest BCUT2D eigenvalue weighted by molar-refractivity contribution is 6.12. The number of carboxylic acid groups (broad SMARTS) is 1. The topological polar surface area (TPSA) is 78.9 Å². The number of benzene rings is 4. The molecule has 0 aliphatic heterocycles. The lowest BCUT2D eigenvalue weighted by Gasteiger charge is -2.26. The van der Waals surface area contributed by atoms with Gasteiger partial charge in [-0.1, -0.05) is 74.5 Å². The van der Waals surface area contributed by atoms with E-state index in [1.54, 1.807) is 54.6 Å². The summed E-state index contributed by atoms with van der Waals surface area (Å²) in [6.45, 7) is 6.01. The minimum absolute atomic E-state index is 0.177. The molecule has 0 heterocycles. The van der Waals surface area contributed by atoms with Gasteiger partial charge in [-0.25, -0.2) is 9.18 Å². The van der Waals surface area contributed by atoms with Crippen molar-refractivity contribution in [2.24, 2.45) is 5.92 Å². The van der Waals surface area contributed by atoms with Crippen molar-refractivity contribution < 1.29 is 23.8 Å². The van der Waals surface area contributed by atoms with Gasteiger partial charge in [0, 0.05) is 35.5 Å². The Morgan fingerprint density at radius 1 is 0.902 bits per heavy atom. The summed E-state index contributed by atoms with van der Waals surface area (Å²) in [4.78, 5) is 27.3. The average molecular weight is 555 g/mol. The molecule has 0 aliphatic carbocycles. The molecule has 4 aromatic rings. The summed E-state index contributed by atoms with van der Waals surface area (Å²) >= 11 is 0. The Kier molecular flexibility index (Phi) is 10.1. The summed E-state index contributed by atoms with van der Waals surface area (Å²) < 4.78 is 19.7. The van der Waals surface area contributed by atoms with Crippen molar-refractivity contribution in [3.8, 4) is 5.75 Å². The van der Waals surface area contributed by atoms with Crippen LogP contribution >= 0.6 is 0 Å². The van der Waals surface area contributed by atoms with Crippen molar-refractivity contribution in [1.29, 1.82) is 0 Å². The van der Waals surface area contributed by atoms with Crippen LogP contribution in [0.5, 0.6) is 5.75 Å². The van der Waals surface area contributed by atoms with E-state index in [-0.39, 0.29) is 18.0 Å². The number of rotatable bonds is 14. The van der Waals surface area contributed by atoms with Crippen LogP contribution in [0.2, 0.25) is 0 Å². The highest BCUT2D eigenvalue weighted by Crippen LogP contribution is 2.22. The summed E-state index contributed by atoms with van der Waals surface area (Å²) in [5, 5.41) is 13.0. The zero-order chi connectivity index (χ0) is 29.2. The van der Waals surface area contributed by atoms with Crippen LogP contribution in [0.3, 0.4) is 0 Å². The van der Waals surface area contributed by atoms with E-state index in [0.717, 1.165) is 17.8 Å². The van der Waals surface area contributed by atoms with Crippen molar-refractivity contribution in [3.05, 3.63) is 126 Å². The zero-order valence-corrected chi connectivity index (χ0v) is 23.3. The molecule has 0 saturated carbocycles. The smallest absolute Gasteiger partial charge is 0.326 e. The van der Waals surface area contributed by atoms with Crippen LogP contribution in [0, 0.1) is 11.7 Å². The normalized spacial score (nSPS) is 11.6. The van der Waals surface area contributed by atoms with Crippen molar-refractivity contribution in [2.45, 2.75) is 26.3 Å². The van der Waals surface area contributed by atoms with Gasteiger partial charge in [0.05, 0.1) is 6.54 Å². The van der Waals surface area contributed by atoms with Gasteiger partial charge in [-0.3, -0.25) is 4.79 Å². The number of hydrogen-bond acceptors (Lipinski definition) is 5. The second-order valence-corrected chi connectivity index (χ2v) is 10.3. The number of para-hydroxylation sites is 1. The van der Waals surface area contributed by atoms with Crippen molar-refractivity contribution in [3.63, 3.8) is 0 Å². The molecular formula is C34H35FN2O4. The Hall–Kier alpha value is -4.65. The quantitative estimate of drug-likeness (QED) is 0.169. The van der Waals surface area contributed by atoms with E-state index in [2.05, 4.69) is 24.1 Å². The van der Waals surface area contributed by atoms with E-state index in [1.807, 2.05) is 36.4 Å². The minimum atomic E-state index is -1.02. The van der Waals surface area contributed by atoms with Crippen LogP contribution in [0.25, 0.3) is 0 Å². The van der Waals surface area contributed by atoms with Gasteiger partial charge in [-0.05, 0) is 53.9 Å². The monoisotopic (exact) mass is 554 g/mol. The lowest BCUT2D eigenvalue weighted by molar-refractivity contribution is -0.137. The molecule has 4 rings (SSSR count). The maximum absolute atomic E-state index is 13.8. The molecule has 0 bridgehead atoms. The summed E-state index contributed by atoms with van der Waals surface area (Å²) in [6.07, 6.45) is 0.214. The molecule has 0 aromatic heterocycles. The van der Waals surface area contributed by atoms with E-state index in [1.165, 1.54) is 12.1 Å². The van der Waals surface area contributed by atoms with Gasteiger partial charge >= 0.3 is 5.97 Å². The SMILES string of the molecule is CC(C)CN(CCOc1ccc(C[C@H](Nc2ccccc2C(=O)c2ccccc2)C(=O)O)cc1)c1cccc(F)c1. The Labute approximate surface area is 240 Å². The number of hydrogen-bond donors (Lipinski definition) is 2. The van der Waals surface area contributed by atoms with Crippen LogP contribution in [-0.4, -0.2) is 42.6 Å². The Morgan fingerprint density at radius 2 is 1.61 bits per heavy atom. The summed E-state index contributed by atoms with van der Waals surface area (Å²) in [5.74, 6) is -0.403. The van der Waals surface area contributed by atoms with Crippen LogP contribution in [0.4, 0.5) is 15.8 Å². The fourth-order valence-electron chi connectivity index (χ4n) is 4.61. The standard InChI is InChI=1S/C34H35FN2O4/c1-24(2)23-37(28-12-8-11-27(35)22-28)19-20-41-29-17-15-25(16-18-29)21-32(34(39)40)36-31-14-7-6-13-30(31)33(38)26-9-4-3-5-10-26/h3-18,22,24,32,36H,19-21,23H2,1-2H3,(H,39,40)/t32-/m0/s1. The minimum Gasteiger partial charge on any atom is -0.492 e. The predicted molar refractivity (Wildman–Crippen MR) is 160 cm³/mol. The number of anilines is 2. The molecule has 41 heavy (non-hydrogen) atoms. The molecule has 4 aromatic carbocycles. The van der Waals surface area contributed by atoms with E-state index < -0.39 is 12.0 Å². The molecule has 0 unspecified atom stereocenters. The van der Waals surface area contributed by atoms with E-state index >= 15 is 0 Å². The number of nitrogens with one attached hydrogen (secondary N) is 1. The molecule has 0 radical (unpaired) electrons. The number of halogens is 1. The summed E-state index contributed by atoms with van der Waals surface area (Å²) in [7, 11) is 0. The molecular weight excluding hydrogens is 519 g/mol. The molecule has 6 nitrogen and oxygen atoms in total. The third-order valence-electron chi connectivity index (χ3n) is 6.59. The van der Waals surface area contributed by atoms with Gasteiger partial charge in [0.15, 0.2) is 5.78 Å². The maximum atomic E-state index is 13.8. The number of aliphatic carboxylic acids is 1. The number of carbonyl (C=O) groups excluding carboxylic acids is 1. The van der Waals surface area contributed by atoms with Gasteiger partial charge in [-0.15, -0.1) is 0 Å². The van der Waals surface area contributed by atoms with Gasteiger partial charge in [0.25, 0.3) is 0 Å². The molecule has 2 N–H and O–H groups in total. The van der Waals surface area contributed by atoms with E-state index in [0.29, 0.717) is 41.6 Å². The van der Waals surface area contributed by atoms with Crippen molar-refractivity contribution >= 4 is 23.1 Å². The predicted octanol–water partition coefficient (Wildman–Crippen LogP) is 6.71. The first-order valence-electron chi connectivity index (χ1n) is 13.7. The maximum Gasteiger partial charge on any atom is 0.326 e. The van der Waals surface area contributed by atoms with Crippen LogP contribution < -0.4 is 15.0 Å². The molecule has 1 atom stereocenters. The van der Waals surface area contributed by atoms with Crippen molar-refractivity contribution in [1.82, 2.24) is 0 Å². The van der Waals surface area contributed by atoms with Gasteiger partial charge < -0.3 is 20.1 Å². The lowest BCUT2D eigenvalue weighted by atomic mass is 10.00. The van der Waals surface area contributed by atoms with E-state index in [9.17, 15) is 19.1 Å². The first kappa shape index (κ1) is 29.3. The third kappa shape index (κ3) is 8.42. The largest absolute Gasteiger partial charge is 0.492 e. The fourth-order valence-corrected chi connectivity index (χ4v) is 4.61. The fraction of sp³-hybridized carbons (Fsp3) is 0.235. The Morgan fingerprint density at radius 3 is 2.29 bits per heavy atom. The number of carboxylic acids is 1. The lowest BCUT2D eigenvalue weighted by Crippen LogP contribution is -2.32. The van der Waals surface area contributed by atoms with Crippen LogP contribution in [-0.2, 0) is 11.2 Å². The molecule has 0 amide bonds. The molecule has 0 spiro atoms. The van der Waals surface area contributed by atoms with Crippen LogP contribution in [0.15, 0.2) is 103 Å². The number of nitrogens with zero attached hydrogens (tertiary/aromatic N) is 1. The number of ether oxygens (including phenoxy) is 1. The molecule has 212 valence electrons. The van der Waals surface area contributed by atoms with E-state index in [4.69, 9.17) is 4.74 Å².